The van der Waals surface area contributed by atoms with Crippen molar-refractivity contribution in [3.8, 4) is 11.4 Å². The van der Waals surface area contributed by atoms with Gasteiger partial charge in [0.15, 0.2) is 11.5 Å². The molecule has 3 aromatic heterocycles. The van der Waals surface area contributed by atoms with Crippen LogP contribution in [0.15, 0.2) is 24.8 Å². The number of aliphatic hydroxyl groups is 1. The Hall–Kier alpha value is -2.72. The van der Waals surface area contributed by atoms with Crippen LogP contribution in [-0.4, -0.2) is 54.7 Å². The van der Waals surface area contributed by atoms with E-state index < -0.39 is 23.6 Å². The van der Waals surface area contributed by atoms with E-state index in [1.807, 2.05) is 0 Å². The molecule has 0 amide bonds. The van der Waals surface area contributed by atoms with E-state index in [1.54, 1.807) is 24.4 Å². The van der Waals surface area contributed by atoms with Crippen molar-refractivity contribution in [1.82, 2.24) is 29.7 Å². The van der Waals surface area contributed by atoms with Crippen LogP contribution in [0, 0.1) is 5.82 Å². The molecule has 0 spiro atoms. The minimum Gasteiger partial charge on any atom is -0.384 e. The van der Waals surface area contributed by atoms with E-state index >= 15 is 0 Å². The van der Waals surface area contributed by atoms with Gasteiger partial charge in [-0.1, -0.05) is 0 Å². The van der Waals surface area contributed by atoms with Crippen molar-refractivity contribution in [3.05, 3.63) is 36.3 Å². The van der Waals surface area contributed by atoms with Gasteiger partial charge in [0.05, 0.1) is 36.0 Å². The molecule has 8 nitrogen and oxygen atoms in total. The van der Waals surface area contributed by atoms with E-state index in [9.17, 15) is 13.9 Å². The summed E-state index contributed by atoms with van der Waals surface area (Å²) in [6.45, 7) is 4.27. The number of aromatic nitrogens is 5. The van der Waals surface area contributed by atoms with E-state index in [0.29, 0.717) is 36.5 Å². The lowest BCUT2D eigenvalue weighted by atomic mass is 10.1. The maximum Gasteiger partial charge on any atom is 0.223 e. The summed E-state index contributed by atoms with van der Waals surface area (Å²) < 4.78 is 30.2. The molecule has 0 radical (unpaired) electrons. The van der Waals surface area contributed by atoms with Gasteiger partial charge in [0.25, 0.3) is 0 Å². The van der Waals surface area contributed by atoms with Gasteiger partial charge >= 0.3 is 0 Å². The maximum atomic E-state index is 14.5. The number of rotatable bonds is 4. The number of alkyl halides is 1. The molecule has 4 rings (SSSR count). The molecule has 0 unspecified atom stereocenters. The second kappa shape index (κ2) is 7.02. The predicted molar refractivity (Wildman–Crippen MR) is 99.0 cm³/mol. The second-order valence-corrected chi connectivity index (χ2v) is 7.35. The largest absolute Gasteiger partial charge is 0.384 e. The number of fused-ring (bicyclic) bond motifs is 1. The number of hydrogen-bond acceptors (Lipinski definition) is 7. The first kappa shape index (κ1) is 18.6. The van der Waals surface area contributed by atoms with Crippen LogP contribution >= 0.6 is 0 Å². The molecule has 3 N–H and O–H groups in total. The van der Waals surface area contributed by atoms with Gasteiger partial charge in [-0.05, 0) is 26.8 Å². The molecule has 1 aliphatic heterocycles. The fourth-order valence-electron chi connectivity index (χ4n) is 3.13. The van der Waals surface area contributed by atoms with Crippen LogP contribution in [0.1, 0.15) is 26.0 Å². The Morgan fingerprint density at radius 3 is 2.82 bits per heavy atom. The average Bonchev–Trinajstić information content (AvgIpc) is 3.07. The highest BCUT2D eigenvalue weighted by Crippen LogP contribution is 2.25. The van der Waals surface area contributed by atoms with E-state index in [2.05, 4.69) is 30.6 Å². The summed E-state index contributed by atoms with van der Waals surface area (Å²) in [7, 11) is 0. The number of halogens is 2. The molecule has 10 heteroatoms. The quantitative estimate of drug-likeness (QED) is 0.624. The monoisotopic (exact) mass is 389 g/mol. The molecular weight excluding hydrogens is 368 g/mol. The molecule has 4 heterocycles. The number of anilines is 1. The van der Waals surface area contributed by atoms with Crippen molar-refractivity contribution < 1.29 is 13.9 Å². The number of piperidine rings is 1. The highest BCUT2D eigenvalue weighted by Gasteiger charge is 2.26. The Labute approximate surface area is 160 Å². The molecule has 0 aromatic carbocycles. The van der Waals surface area contributed by atoms with Crippen LogP contribution in [0.25, 0.3) is 17.0 Å². The molecule has 0 aliphatic carbocycles. The zero-order chi connectivity index (χ0) is 19.9. The molecule has 0 saturated carbocycles. The highest BCUT2D eigenvalue weighted by atomic mass is 19.1. The van der Waals surface area contributed by atoms with Crippen LogP contribution in [-0.2, 0) is 5.60 Å². The third-order valence-electron chi connectivity index (χ3n) is 4.72. The van der Waals surface area contributed by atoms with Gasteiger partial charge in [-0.15, -0.1) is 0 Å². The van der Waals surface area contributed by atoms with Crippen molar-refractivity contribution in [2.45, 2.75) is 38.1 Å². The fraction of sp³-hybridized carbons (Fsp3) is 0.444. The molecule has 1 saturated heterocycles. The lowest BCUT2D eigenvalue weighted by Crippen LogP contribution is -2.46. The normalized spacial score (nSPS) is 20.5. The Kier molecular flexibility index (Phi) is 4.68. The van der Waals surface area contributed by atoms with E-state index in [1.165, 1.54) is 12.4 Å². The van der Waals surface area contributed by atoms with Crippen LogP contribution in [0.3, 0.4) is 0 Å². The Morgan fingerprint density at radius 1 is 1.25 bits per heavy atom. The van der Waals surface area contributed by atoms with Crippen molar-refractivity contribution in [2.24, 2.45) is 0 Å². The zero-order valence-electron chi connectivity index (χ0n) is 15.5. The molecule has 28 heavy (non-hydrogen) atoms. The van der Waals surface area contributed by atoms with E-state index in [4.69, 9.17) is 0 Å². The van der Waals surface area contributed by atoms with Gasteiger partial charge in [0.2, 0.25) is 5.95 Å². The number of nitrogens with one attached hydrogen (secondary N) is 2. The molecule has 3 aromatic rings. The first-order valence-corrected chi connectivity index (χ1v) is 9.03. The second-order valence-electron chi connectivity index (χ2n) is 7.35. The topological polar surface area (TPSA) is 100 Å². The van der Waals surface area contributed by atoms with Gasteiger partial charge in [0, 0.05) is 12.7 Å². The van der Waals surface area contributed by atoms with Gasteiger partial charge in [-0.2, -0.15) is 0 Å². The minimum absolute atomic E-state index is 0.0251. The summed E-state index contributed by atoms with van der Waals surface area (Å²) >= 11 is 0. The van der Waals surface area contributed by atoms with Crippen LogP contribution in [0.5, 0.6) is 0 Å². The summed E-state index contributed by atoms with van der Waals surface area (Å²) in [6, 6.07) is -0.486. The third-order valence-corrected chi connectivity index (χ3v) is 4.72. The number of nitrogens with zero attached hydrogens (tertiary/aromatic N) is 5. The maximum absolute atomic E-state index is 14.5. The van der Waals surface area contributed by atoms with Crippen molar-refractivity contribution in [2.75, 3.05) is 18.4 Å². The summed E-state index contributed by atoms with van der Waals surface area (Å²) in [5, 5.41) is 16.2. The average molecular weight is 389 g/mol. The number of hydrogen-bond donors (Lipinski definition) is 3. The third kappa shape index (κ3) is 3.52. The lowest BCUT2D eigenvalue weighted by molar-refractivity contribution is 0.0734. The molecular formula is C18H21F2N7O. The molecule has 1 fully saturated rings. The van der Waals surface area contributed by atoms with Crippen molar-refractivity contribution in [3.63, 3.8) is 0 Å². The first-order chi connectivity index (χ1) is 13.3. The highest BCUT2D eigenvalue weighted by molar-refractivity contribution is 5.61. The molecule has 1 aliphatic rings. The van der Waals surface area contributed by atoms with Crippen molar-refractivity contribution >= 4 is 11.6 Å². The van der Waals surface area contributed by atoms with Gasteiger partial charge in [0.1, 0.15) is 17.5 Å². The molecule has 148 valence electrons. The van der Waals surface area contributed by atoms with Gasteiger partial charge in [-0.25, -0.2) is 23.7 Å². The standard InChI is InChI=1S/C18H21F2N7O/c1-18(2,28)14-9-27-13(7-23-15(27)8-22-14)16-11(20)5-24-17(26-16)25-12-6-21-4-3-10(12)19/h5,7-10,12,21,28H,3-4,6H2,1-2H3,(H,24,25,26)/t10-,12-/m0/s1. The lowest BCUT2D eigenvalue weighted by Gasteiger charge is -2.27. The summed E-state index contributed by atoms with van der Waals surface area (Å²) in [4.78, 5) is 16.6. The van der Waals surface area contributed by atoms with E-state index in [-0.39, 0.29) is 11.6 Å². The first-order valence-electron chi connectivity index (χ1n) is 9.03. The zero-order valence-corrected chi connectivity index (χ0v) is 15.5. The van der Waals surface area contributed by atoms with Crippen molar-refractivity contribution in [1.29, 1.82) is 0 Å². The van der Waals surface area contributed by atoms with Crippen LogP contribution in [0.4, 0.5) is 14.7 Å². The Morgan fingerprint density at radius 2 is 2.07 bits per heavy atom. The predicted octanol–water partition coefficient (Wildman–Crippen LogP) is 1.66. The number of imidazole rings is 1. The summed E-state index contributed by atoms with van der Waals surface area (Å²) in [5.74, 6) is -0.494. The van der Waals surface area contributed by atoms with E-state index in [0.717, 1.165) is 6.20 Å². The fourth-order valence-corrected chi connectivity index (χ4v) is 3.13. The van der Waals surface area contributed by atoms with Crippen LogP contribution < -0.4 is 10.6 Å². The Bertz CT molecular complexity index is 1000. The Balaban J connectivity index is 1.72. The van der Waals surface area contributed by atoms with Crippen LogP contribution in [0.2, 0.25) is 0 Å². The molecule has 2 atom stereocenters. The summed E-state index contributed by atoms with van der Waals surface area (Å²) in [5.41, 5.74) is 0.120. The SMILES string of the molecule is CC(C)(O)c1cn2c(-c3nc(N[C@H]4CNCC[C@@H]4F)ncc3F)cnc2cn1. The summed E-state index contributed by atoms with van der Waals surface area (Å²) in [6.07, 6.45) is 4.97. The minimum atomic E-state index is -1.17. The van der Waals surface area contributed by atoms with Gasteiger partial charge < -0.3 is 15.7 Å². The van der Waals surface area contributed by atoms with Gasteiger partial charge in [-0.3, -0.25) is 9.38 Å². The smallest absolute Gasteiger partial charge is 0.223 e. The molecule has 0 bridgehead atoms.